The third kappa shape index (κ3) is 5.45. The first-order chi connectivity index (χ1) is 13.5. The molecule has 148 valence electrons. The van der Waals surface area contributed by atoms with E-state index in [1.54, 1.807) is 17.0 Å². The number of ketones is 1. The van der Waals surface area contributed by atoms with E-state index < -0.39 is 11.7 Å². The molecule has 1 aliphatic heterocycles. The molecule has 0 bridgehead atoms. The normalized spacial score (nSPS) is 14.7. The summed E-state index contributed by atoms with van der Waals surface area (Å²) in [7, 11) is 0. The van der Waals surface area contributed by atoms with Gasteiger partial charge in [0.05, 0.1) is 6.26 Å². The SMILES string of the molecule is O=C(CCC1CCN(C(=O)C(=O)c2ccco2)CC1)NCc1cccc(Cl)c1. The minimum absolute atomic E-state index is 0.00600. The van der Waals surface area contributed by atoms with Crippen LogP contribution in [0.3, 0.4) is 0 Å². The van der Waals surface area contributed by atoms with Crippen LogP contribution >= 0.6 is 11.6 Å². The van der Waals surface area contributed by atoms with Crippen molar-refractivity contribution in [1.82, 2.24) is 10.2 Å². The Labute approximate surface area is 168 Å². The van der Waals surface area contributed by atoms with Gasteiger partial charge in [-0.15, -0.1) is 0 Å². The highest BCUT2D eigenvalue weighted by Crippen LogP contribution is 2.22. The van der Waals surface area contributed by atoms with E-state index in [-0.39, 0.29) is 11.7 Å². The number of carbonyl (C=O) groups is 3. The molecule has 7 heteroatoms. The molecule has 6 nitrogen and oxygen atoms in total. The van der Waals surface area contributed by atoms with Crippen LogP contribution in [0.5, 0.6) is 0 Å². The molecular weight excluding hydrogens is 380 g/mol. The Morgan fingerprint density at radius 2 is 1.93 bits per heavy atom. The largest absolute Gasteiger partial charge is 0.461 e. The van der Waals surface area contributed by atoms with Gasteiger partial charge in [0.1, 0.15) is 0 Å². The van der Waals surface area contributed by atoms with Crippen LogP contribution in [0, 0.1) is 5.92 Å². The van der Waals surface area contributed by atoms with E-state index in [2.05, 4.69) is 5.32 Å². The first-order valence-electron chi connectivity index (χ1n) is 9.41. The fourth-order valence-corrected chi connectivity index (χ4v) is 3.57. The number of amides is 2. The quantitative estimate of drug-likeness (QED) is 0.568. The van der Waals surface area contributed by atoms with E-state index in [1.807, 2.05) is 18.2 Å². The third-order valence-electron chi connectivity index (χ3n) is 5.00. The molecule has 1 N–H and O–H groups in total. The van der Waals surface area contributed by atoms with Crippen molar-refractivity contribution in [2.24, 2.45) is 5.92 Å². The zero-order valence-electron chi connectivity index (χ0n) is 15.5. The zero-order valence-corrected chi connectivity index (χ0v) is 16.3. The number of nitrogens with zero attached hydrogens (tertiary/aromatic N) is 1. The molecule has 0 saturated carbocycles. The Bertz CT molecular complexity index is 827. The lowest BCUT2D eigenvalue weighted by Crippen LogP contribution is -2.42. The molecule has 3 rings (SSSR count). The molecule has 2 aromatic rings. The molecule has 0 radical (unpaired) electrons. The maximum atomic E-state index is 12.3. The third-order valence-corrected chi connectivity index (χ3v) is 5.23. The van der Waals surface area contributed by atoms with Crippen molar-refractivity contribution < 1.29 is 18.8 Å². The van der Waals surface area contributed by atoms with Crippen molar-refractivity contribution in [2.45, 2.75) is 32.2 Å². The number of likely N-dealkylation sites (tertiary alicyclic amines) is 1. The Balaban J connectivity index is 1.36. The highest BCUT2D eigenvalue weighted by Gasteiger charge is 2.29. The summed E-state index contributed by atoms with van der Waals surface area (Å²) >= 11 is 5.94. The lowest BCUT2D eigenvalue weighted by molar-refractivity contribution is -0.128. The maximum absolute atomic E-state index is 12.3. The highest BCUT2D eigenvalue weighted by atomic mass is 35.5. The van der Waals surface area contributed by atoms with E-state index in [4.69, 9.17) is 16.0 Å². The van der Waals surface area contributed by atoms with E-state index in [1.165, 1.54) is 12.3 Å². The Morgan fingerprint density at radius 3 is 2.61 bits per heavy atom. The minimum atomic E-state index is -0.608. The van der Waals surface area contributed by atoms with E-state index >= 15 is 0 Å². The number of piperidine rings is 1. The van der Waals surface area contributed by atoms with E-state index in [9.17, 15) is 14.4 Å². The van der Waals surface area contributed by atoms with E-state index in [0.29, 0.717) is 37.0 Å². The van der Waals surface area contributed by atoms with Crippen molar-refractivity contribution in [3.8, 4) is 0 Å². The number of nitrogens with one attached hydrogen (secondary N) is 1. The summed E-state index contributed by atoms with van der Waals surface area (Å²) in [5.41, 5.74) is 0.967. The van der Waals surface area contributed by atoms with Gasteiger partial charge < -0.3 is 14.6 Å². The Hall–Kier alpha value is -2.60. The van der Waals surface area contributed by atoms with Gasteiger partial charge in [0.15, 0.2) is 5.76 Å². The number of hydrogen-bond acceptors (Lipinski definition) is 4. The summed E-state index contributed by atoms with van der Waals surface area (Å²) in [4.78, 5) is 38.0. The Kier molecular flexibility index (Phi) is 6.87. The predicted octanol–water partition coefficient (Wildman–Crippen LogP) is 3.45. The number of benzene rings is 1. The molecule has 0 aliphatic carbocycles. The van der Waals surface area contributed by atoms with Gasteiger partial charge in [0, 0.05) is 31.1 Å². The van der Waals surface area contributed by atoms with Crippen molar-refractivity contribution in [3.05, 3.63) is 59.0 Å². The van der Waals surface area contributed by atoms with Gasteiger partial charge in [0.25, 0.3) is 11.7 Å². The molecule has 1 fully saturated rings. The standard InChI is InChI=1S/C21H23ClN2O4/c22-17-4-1-3-16(13-17)14-23-19(25)7-6-15-8-10-24(11-9-15)21(27)20(26)18-5-2-12-28-18/h1-5,12-13,15H,6-11,14H2,(H,23,25). The molecule has 2 heterocycles. The van der Waals surface area contributed by atoms with Gasteiger partial charge in [0.2, 0.25) is 5.91 Å². The molecule has 1 aromatic carbocycles. The topological polar surface area (TPSA) is 79.6 Å². The molecule has 1 saturated heterocycles. The first kappa shape index (κ1) is 20.1. The first-order valence-corrected chi connectivity index (χ1v) is 9.79. The molecular formula is C21H23ClN2O4. The van der Waals surface area contributed by atoms with Crippen LogP contribution in [0.2, 0.25) is 5.02 Å². The maximum Gasteiger partial charge on any atom is 0.298 e. The van der Waals surface area contributed by atoms with Gasteiger partial charge in [-0.1, -0.05) is 23.7 Å². The molecule has 1 aliphatic rings. The second-order valence-electron chi connectivity index (χ2n) is 6.99. The summed E-state index contributed by atoms with van der Waals surface area (Å²) in [6.07, 6.45) is 4.18. The molecule has 0 atom stereocenters. The summed E-state index contributed by atoms with van der Waals surface area (Å²) in [6.45, 7) is 1.52. The van der Waals surface area contributed by atoms with Crippen LogP contribution in [0.15, 0.2) is 47.1 Å². The van der Waals surface area contributed by atoms with Crippen LogP contribution in [0.4, 0.5) is 0 Å². The molecule has 1 aromatic heterocycles. The smallest absolute Gasteiger partial charge is 0.298 e. The minimum Gasteiger partial charge on any atom is -0.461 e. The fourth-order valence-electron chi connectivity index (χ4n) is 3.35. The number of halogens is 1. The molecule has 0 spiro atoms. The number of rotatable bonds is 7. The molecule has 28 heavy (non-hydrogen) atoms. The van der Waals surface area contributed by atoms with Crippen LogP contribution in [-0.2, 0) is 16.1 Å². The average Bonchev–Trinajstić information content (AvgIpc) is 3.25. The van der Waals surface area contributed by atoms with Crippen molar-refractivity contribution >= 4 is 29.2 Å². The fraction of sp³-hybridized carbons (Fsp3) is 0.381. The monoisotopic (exact) mass is 402 g/mol. The van der Waals surface area contributed by atoms with Crippen molar-refractivity contribution in [1.29, 1.82) is 0 Å². The van der Waals surface area contributed by atoms with Crippen molar-refractivity contribution in [2.75, 3.05) is 13.1 Å². The number of furan rings is 1. The Morgan fingerprint density at radius 1 is 1.14 bits per heavy atom. The van der Waals surface area contributed by atoms with Crippen molar-refractivity contribution in [3.63, 3.8) is 0 Å². The average molecular weight is 403 g/mol. The van der Waals surface area contributed by atoms with Crippen LogP contribution in [-0.4, -0.2) is 35.6 Å². The van der Waals surface area contributed by atoms with Gasteiger partial charge in [-0.05, 0) is 55.0 Å². The lowest BCUT2D eigenvalue weighted by atomic mass is 9.92. The second kappa shape index (κ2) is 9.55. The summed E-state index contributed by atoms with van der Waals surface area (Å²) in [6, 6.07) is 10.5. The number of hydrogen-bond donors (Lipinski definition) is 1. The number of Topliss-reactive ketones (excluding diaryl/α,β-unsaturated/α-hetero) is 1. The van der Waals surface area contributed by atoms with Gasteiger partial charge in [-0.2, -0.15) is 0 Å². The van der Waals surface area contributed by atoms with Crippen LogP contribution in [0.1, 0.15) is 41.8 Å². The predicted molar refractivity (Wildman–Crippen MR) is 105 cm³/mol. The van der Waals surface area contributed by atoms with Crippen LogP contribution < -0.4 is 5.32 Å². The van der Waals surface area contributed by atoms with Gasteiger partial charge in [-0.3, -0.25) is 14.4 Å². The van der Waals surface area contributed by atoms with Gasteiger partial charge in [-0.25, -0.2) is 0 Å². The van der Waals surface area contributed by atoms with Gasteiger partial charge >= 0.3 is 0 Å². The number of carbonyl (C=O) groups excluding carboxylic acids is 3. The summed E-state index contributed by atoms with van der Waals surface area (Å²) < 4.78 is 5.01. The van der Waals surface area contributed by atoms with Crippen LogP contribution in [0.25, 0.3) is 0 Å². The second-order valence-corrected chi connectivity index (χ2v) is 7.42. The zero-order chi connectivity index (χ0) is 19.9. The molecule has 2 amide bonds. The molecule has 0 unspecified atom stereocenters. The summed E-state index contributed by atoms with van der Waals surface area (Å²) in [5.74, 6) is -0.675. The van der Waals surface area contributed by atoms with E-state index in [0.717, 1.165) is 24.8 Å². The highest BCUT2D eigenvalue weighted by molar-refractivity contribution is 6.41. The summed E-state index contributed by atoms with van der Waals surface area (Å²) in [5, 5.41) is 3.56. The lowest BCUT2D eigenvalue weighted by Gasteiger charge is -2.31.